The molecule has 0 amide bonds. The molecular formula is C43H60N6. The van der Waals surface area contributed by atoms with Gasteiger partial charge in [0.05, 0.1) is 17.8 Å². The Bertz CT molecular complexity index is 1570. The highest BCUT2D eigenvalue weighted by Gasteiger charge is 2.29. The molecule has 1 saturated heterocycles. The van der Waals surface area contributed by atoms with Gasteiger partial charge < -0.3 is 9.80 Å². The lowest BCUT2D eigenvalue weighted by atomic mass is 9.77. The number of nitrogens with zero attached hydrogens (tertiary/aromatic N) is 6. The minimum Gasteiger partial charge on any atom is -0.375 e. The van der Waals surface area contributed by atoms with Crippen molar-refractivity contribution in [3.8, 4) is 17.2 Å². The molecule has 6 heteroatoms. The minimum absolute atomic E-state index is 0.337. The smallest absolute Gasteiger partial charge is 0.133 e. The van der Waals surface area contributed by atoms with E-state index in [-0.39, 0.29) is 0 Å². The average molecular weight is 661 g/mol. The second-order valence-electron chi connectivity index (χ2n) is 15.2. The highest BCUT2D eigenvalue weighted by molar-refractivity contribution is 5.66. The van der Waals surface area contributed by atoms with E-state index in [1.807, 2.05) is 17.1 Å². The molecule has 3 heterocycles. The summed E-state index contributed by atoms with van der Waals surface area (Å²) in [5.74, 6) is 3.66. The Labute approximate surface area is 296 Å². The topological polar surface area (TPSA) is 61.0 Å². The maximum Gasteiger partial charge on any atom is 0.133 e. The molecule has 0 N–H and O–H groups in total. The number of anilines is 1. The van der Waals surface area contributed by atoms with Crippen LogP contribution in [0.2, 0.25) is 0 Å². The number of pyridine rings is 1. The van der Waals surface area contributed by atoms with Gasteiger partial charge >= 0.3 is 0 Å². The van der Waals surface area contributed by atoms with E-state index in [1.165, 1.54) is 94.3 Å². The lowest BCUT2D eigenvalue weighted by molar-refractivity contribution is 0.140. The maximum absolute atomic E-state index is 9.62. The standard InChI is InChI=1S/C35H45N5.C8H15N/c1-5-28-15-16-31(19-33(28)21-36)30-13-11-27(12-14-30)23-39(26(4)29-9-7-6-8-10-29)35-20-32(17-18-37-35)34-22-38-40(24-34)25(2)3;1-4-8-5-9(6-8)7(2)3/h15-20,22,24-25,27,29-30H,4-14,23H2,1-3H3;8H,2,4-6H2,1,3H3. The fourth-order valence-corrected chi connectivity index (χ4v) is 7.87. The largest absolute Gasteiger partial charge is 0.375 e. The third-order valence-corrected chi connectivity index (χ3v) is 11.4. The van der Waals surface area contributed by atoms with E-state index < -0.39 is 0 Å². The summed E-state index contributed by atoms with van der Waals surface area (Å²) in [5.41, 5.74) is 8.10. The molecule has 6 nitrogen and oxygen atoms in total. The molecule has 0 atom stereocenters. The minimum atomic E-state index is 0.337. The summed E-state index contributed by atoms with van der Waals surface area (Å²) in [7, 11) is 0. The van der Waals surface area contributed by atoms with E-state index >= 15 is 0 Å². The molecule has 2 saturated carbocycles. The zero-order valence-electron chi connectivity index (χ0n) is 31.0. The Morgan fingerprint density at radius 3 is 2.31 bits per heavy atom. The normalized spacial score (nSPS) is 19.8. The van der Waals surface area contributed by atoms with Gasteiger partial charge in [-0.15, -0.1) is 0 Å². The van der Waals surface area contributed by atoms with Gasteiger partial charge in [0, 0.05) is 55.0 Å². The van der Waals surface area contributed by atoms with Crippen LogP contribution < -0.4 is 4.90 Å². The monoisotopic (exact) mass is 660 g/mol. The third kappa shape index (κ3) is 9.24. The molecule has 1 aliphatic heterocycles. The van der Waals surface area contributed by atoms with Crippen LogP contribution in [0, 0.1) is 29.1 Å². The molecule has 49 heavy (non-hydrogen) atoms. The summed E-state index contributed by atoms with van der Waals surface area (Å²) in [4.78, 5) is 9.68. The number of aryl methyl sites for hydroxylation is 1. The fourth-order valence-electron chi connectivity index (χ4n) is 7.87. The van der Waals surface area contributed by atoms with Crippen molar-refractivity contribution < 1.29 is 0 Å². The lowest BCUT2D eigenvalue weighted by Crippen LogP contribution is -2.44. The Morgan fingerprint density at radius 1 is 0.959 bits per heavy atom. The van der Waals surface area contributed by atoms with Gasteiger partial charge in [0.15, 0.2) is 0 Å². The number of hydrogen-bond acceptors (Lipinski definition) is 5. The molecule has 6 rings (SSSR count). The molecule has 0 spiro atoms. The second-order valence-corrected chi connectivity index (χ2v) is 15.2. The number of benzene rings is 1. The van der Waals surface area contributed by atoms with Crippen LogP contribution in [0.25, 0.3) is 11.1 Å². The van der Waals surface area contributed by atoms with Crippen molar-refractivity contribution >= 4 is 5.82 Å². The number of allylic oxidation sites excluding steroid dienone is 2. The van der Waals surface area contributed by atoms with E-state index in [0.29, 0.717) is 23.8 Å². The number of aromatic nitrogens is 3. The molecule has 3 fully saturated rings. The van der Waals surface area contributed by atoms with Crippen molar-refractivity contribution in [1.82, 2.24) is 19.7 Å². The summed E-state index contributed by atoms with van der Waals surface area (Å²) in [6.45, 7) is 22.8. The Morgan fingerprint density at radius 2 is 1.69 bits per heavy atom. The quantitative estimate of drug-likeness (QED) is 0.205. The predicted molar refractivity (Wildman–Crippen MR) is 204 cm³/mol. The molecule has 0 radical (unpaired) electrons. The molecule has 3 aromatic rings. The number of nitriles is 1. The van der Waals surface area contributed by atoms with E-state index in [9.17, 15) is 5.26 Å². The van der Waals surface area contributed by atoms with Gasteiger partial charge in [0.1, 0.15) is 5.82 Å². The summed E-state index contributed by atoms with van der Waals surface area (Å²) < 4.78 is 2.02. The maximum atomic E-state index is 9.62. The van der Waals surface area contributed by atoms with Crippen LogP contribution in [0.4, 0.5) is 5.82 Å². The first-order valence-corrected chi connectivity index (χ1v) is 19.1. The Hall–Kier alpha value is -3.85. The van der Waals surface area contributed by atoms with E-state index in [0.717, 1.165) is 47.0 Å². The number of hydrogen-bond donors (Lipinski definition) is 0. The van der Waals surface area contributed by atoms with Gasteiger partial charge in [0.2, 0.25) is 0 Å². The number of likely N-dealkylation sites (tertiary alicyclic amines) is 1. The van der Waals surface area contributed by atoms with Crippen LogP contribution in [0.5, 0.6) is 0 Å². The van der Waals surface area contributed by atoms with Crippen molar-refractivity contribution in [2.45, 2.75) is 117 Å². The van der Waals surface area contributed by atoms with Gasteiger partial charge in [-0.2, -0.15) is 10.4 Å². The first-order valence-electron chi connectivity index (χ1n) is 19.1. The first-order chi connectivity index (χ1) is 23.7. The van der Waals surface area contributed by atoms with Crippen molar-refractivity contribution in [2.24, 2.45) is 17.8 Å². The summed E-state index contributed by atoms with van der Waals surface area (Å²) in [6.07, 6.45) is 19.4. The molecule has 2 aliphatic carbocycles. The van der Waals surface area contributed by atoms with E-state index in [2.05, 4.69) is 105 Å². The summed E-state index contributed by atoms with van der Waals surface area (Å²) in [6, 6.07) is 13.7. The average Bonchev–Trinajstić information content (AvgIpc) is 3.62. The van der Waals surface area contributed by atoms with Gasteiger partial charge in [-0.25, -0.2) is 4.98 Å². The van der Waals surface area contributed by atoms with Gasteiger partial charge in [0.25, 0.3) is 0 Å². The highest BCUT2D eigenvalue weighted by Crippen LogP contribution is 2.40. The van der Waals surface area contributed by atoms with Gasteiger partial charge in [-0.05, 0) is 131 Å². The van der Waals surface area contributed by atoms with E-state index in [1.54, 1.807) is 0 Å². The van der Waals surface area contributed by atoms with Crippen molar-refractivity contribution in [2.75, 3.05) is 24.5 Å². The predicted octanol–water partition coefficient (Wildman–Crippen LogP) is 10.7. The zero-order chi connectivity index (χ0) is 34.9. The summed E-state index contributed by atoms with van der Waals surface area (Å²) >= 11 is 0. The van der Waals surface area contributed by atoms with Crippen molar-refractivity contribution in [3.05, 3.63) is 90.2 Å². The Kier molecular flexibility index (Phi) is 12.8. The molecule has 2 aromatic heterocycles. The second kappa shape index (κ2) is 17.2. The van der Waals surface area contributed by atoms with E-state index in [4.69, 9.17) is 4.98 Å². The van der Waals surface area contributed by atoms with Crippen LogP contribution in [0.3, 0.4) is 0 Å². The number of rotatable bonds is 11. The molecule has 3 aliphatic rings. The molecular weight excluding hydrogens is 601 g/mol. The van der Waals surface area contributed by atoms with Crippen LogP contribution in [0.15, 0.2) is 73.5 Å². The Balaban J connectivity index is 0.000000452. The fraction of sp³-hybridized carbons (Fsp3) is 0.558. The molecule has 0 bridgehead atoms. The van der Waals surface area contributed by atoms with Crippen molar-refractivity contribution in [1.29, 1.82) is 5.26 Å². The summed E-state index contributed by atoms with van der Waals surface area (Å²) in [5, 5.41) is 14.2. The lowest BCUT2D eigenvalue weighted by Gasteiger charge is -2.40. The van der Waals surface area contributed by atoms with Crippen LogP contribution in [-0.4, -0.2) is 39.3 Å². The van der Waals surface area contributed by atoms with Crippen molar-refractivity contribution in [3.63, 3.8) is 0 Å². The molecule has 262 valence electrons. The van der Waals surface area contributed by atoms with Crippen LogP contribution >= 0.6 is 0 Å². The van der Waals surface area contributed by atoms with Crippen LogP contribution in [-0.2, 0) is 6.42 Å². The molecule has 1 aromatic carbocycles. The highest BCUT2D eigenvalue weighted by atomic mass is 15.3. The zero-order valence-corrected chi connectivity index (χ0v) is 31.0. The first kappa shape index (κ1) is 36.4. The molecule has 0 unspecified atom stereocenters. The van der Waals surface area contributed by atoms with Gasteiger partial charge in [-0.1, -0.05) is 58.4 Å². The third-order valence-electron chi connectivity index (χ3n) is 11.4. The van der Waals surface area contributed by atoms with Gasteiger partial charge in [-0.3, -0.25) is 4.68 Å². The van der Waals surface area contributed by atoms with Crippen LogP contribution in [0.1, 0.15) is 127 Å². The SMILES string of the molecule is C=C(C)N1CC(CC)C1.C=C(C1CCCCC1)N(CC1CCC(c2ccc(CC)c(C#N)c2)CC1)c1cc(-c2cnn(C(C)C)c2)ccn1.